The molecule has 5 heteroatoms. The lowest BCUT2D eigenvalue weighted by Gasteiger charge is -2.14. The summed E-state index contributed by atoms with van der Waals surface area (Å²) in [5.74, 6) is -1.31. The van der Waals surface area contributed by atoms with E-state index in [2.05, 4.69) is 5.32 Å². The van der Waals surface area contributed by atoms with Gasteiger partial charge in [-0.25, -0.2) is 9.18 Å². The maximum Gasteiger partial charge on any atom is 0.331 e. The third-order valence-electron chi connectivity index (χ3n) is 2.23. The quantitative estimate of drug-likeness (QED) is 0.877. The van der Waals surface area contributed by atoms with Gasteiger partial charge in [0.15, 0.2) is 6.04 Å². The molecule has 0 fully saturated rings. The number of thiophene rings is 1. The molecule has 1 aromatic heterocycles. The summed E-state index contributed by atoms with van der Waals surface area (Å²) in [6, 6.07) is 8.34. The molecule has 0 spiro atoms. The number of carbonyl (C=O) groups is 1. The number of halogens is 1. The molecule has 0 radical (unpaired) electrons. The predicted octanol–water partition coefficient (Wildman–Crippen LogP) is 3.13. The molecular weight excluding hydrogens is 241 g/mol. The molecule has 17 heavy (non-hydrogen) atoms. The van der Waals surface area contributed by atoms with Crippen LogP contribution in [0.25, 0.3) is 0 Å². The molecule has 0 bridgehead atoms. The van der Waals surface area contributed by atoms with E-state index >= 15 is 0 Å². The van der Waals surface area contributed by atoms with E-state index in [1.165, 1.54) is 35.6 Å². The van der Waals surface area contributed by atoms with E-state index in [1.807, 2.05) is 5.38 Å². The van der Waals surface area contributed by atoms with Crippen molar-refractivity contribution in [3.05, 3.63) is 52.5 Å². The smallest absolute Gasteiger partial charge is 0.331 e. The van der Waals surface area contributed by atoms with Crippen molar-refractivity contribution in [2.75, 3.05) is 5.32 Å². The van der Waals surface area contributed by atoms with Crippen LogP contribution in [0.3, 0.4) is 0 Å². The summed E-state index contributed by atoms with van der Waals surface area (Å²) in [4.78, 5) is 11.8. The van der Waals surface area contributed by atoms with Crippen LogP contribution in [0.5, 0.6) is 0 Å². The Hall–Kier alpha value is -1.88. The zero-order valence-corrected chi connectivity index (χ0v) is 9.58. The number of hydrogen-bond donors (Lipinski definition) is 2. The number of aliphatic carboxylic acids is 1. The molecule has 0 aliphatic rings. The van der Waals surface area contributed by atoms with Crippen LogP contribution in [-0.4, -0.2) is 11.1 Å². The maximum atomic E-state index is 12.7. The molecule has 3 nitrogen and oxygen atoms in total. The van der Waals surface area contributed by atoms with Crippen molar-refractivity contribution in [1.82, 2.24) is 0 Å². The number of carboxylic acids is 1. The summed E-state index contributed by atoms with van der Waals surface area (Å²) in [5.41, 5.74) is 0.576. The average molecular weight is 251 g/mol. The lowest BCUT2D eigenvalue weighted by molar-refractivity contribution is -0.138. The van der Waals surface area contributed by atoms with Gasteiger partial charge in [0, 0.05) is 10.6 Å². The summed E-state index contributed by atoms with van der Waals surface area (Å²) in [7, 11) is 0. The molecule has 2 rings (SSSR count). The van der Waals surface area contributed by atoms with E-state index < -0.39 is 12.0 Å². The van der Waals surface area contributed by atoms with Crippen LogP contribution in [0.1, 0.15) is 10.9 Å². The Morgan fingerprint density at radius 1 is 1.29 bits per heavy atom. The third kappa shape index (κ3) is 2.82. The number of benzene rings is 1. The molecule has 2 N–H and O–H groups in total. The van der Waals surface area contributed by atoms with Crippen molar-refractivity contribution < 1.29 is 14.3 Å². The first kappa shape index (κ1) is 11.6. The Balaban J connectivity index is 2.19. The van der Waals surface area contributed by atoms with E-state index in [9.17, 15) is 9.18 Å². The van der Waals surface area contributed by atoms with E-state index in [1.54, 1.807) is 12.1 Å². The van der Waals surface area contributed by atoms with Crippen LogP contribution in [-0.2, 0) is 4.79 Å². The number of rotatable bonds is 4. The second-order valence-corrected chi connectivity index (χ2v) is 4.42. The fourth-order valence-corrected chi connectivity index (χ4v) is 2.19. The van der Waals surface area contributed by atoms with E-state index in [0.29, 0.717) is 10.6 Å². The standard InChI is InChI=1S/C12H10FNO2S/c13-8-3-5-9(6-4-8)14-11(12(15)16)10-2-1-7-17-10/h1-7,11,14H,(H,15,16). The highest BCUT2D eigenvalue weighted by Crippen LogP contribution is 2.23. The van der Waals surface area contributed by atoms with Gasteiger partial charge in [0.2, 0.25) is 0 Å². The Labute approximate surface area is 102 Å². The van der Waals surface area contributed by atoms with Crippen molar-refractivity contribution in [2.24, 2.45) is 0 Å². The first-order chi connectivity index (χ1) is 8.16. The summed E-state index contributed by atoms with van der Waals surface area (Å²) < 4.78 is 12.7. The number of carboxylic acid groups (broad SMARTS) is 1. The summed E-state index contributed by atoms with van der Waals surface area (Å²) in [5, 5.41) is 13.8. The highest BCUT2D eigenvalue weighted by Gasteiger charge is 2.20. The molecule has 2 aromatic rings. The maximum absolute atomic E-state index is 12.7. The molecule has 0 aliphatic carbocycles. The van der Waals surface area contributed by atoms with Gasteiger partial charge in [0.05, 0.1) is 0 Å². The first-order valence-electron chi connectivity index (χ1n) is 4.95. The monoisotopic (exact) mass is 251 g/mol. The minimum absolute atomic E-state index is 0.349. The third-order valence-corrected chi connectivity index (χ3v) is 3.17. The molecule has 1 heterocycles. The van der Waals surface area contributed by atoms with Crippen molar-refractivity contribution in [3.8, 4) is 0 Å². The van der Waals surface area contributed by atoms with Gasteiger partial charge in [-0.1, -0.05) is 6.07 Å². The van der Waals surface area contributed by atoms with Crippen LogP contribution in [0.15, 0.2) is 41.8 Å². The number of anilines is 1. The molecule has 0 amide bonds. The molecule has 88 valence electrons. The predicted molar refractivity (Wildman–Crippen MR) is 64.7 cm³/mol. The van der Waals surface area contributed by atoms with Crippen LogP contribution in [0.2, 0.25) is 0 Å². The highest BCUT2D eigenvalue weighted by atomic mass is 32.1. The molecule has 1 unspecified atom stereocenters. The van der Waals surface area contributed by atoms with Gasteiger partial charge in [-0.15, -0.1) is 11.3 Å². The van der Waals surface area contributed by atoms with Gasteiger partial charge in [0.25, 0.3) is 0 Å². The second-order valence-electron chi connectivity index (χ2n) is 3.44. The lowest BCUT2D eigenvalue weighted by atomic mass is 10.2. The SMILES string of the molecule is O=C(O)C(Nc1ccc(F)cc1)c1cccs1. The lowest BCUT2D eigenvalue weighted by Crippen LogP contribution is -2.19. The highest BCUT2D eigenvalue weighted by molar-refractivity contribution is 7.10. The molecule has 0 aliphatic heterocycles. The molecule has 0 saturated heterocycles. The van der Waals surface area contributed by atoms with Crippen LogP contribution in [0.4, 0.5) is 10.1 Å². The topological polar surface area (TPSA) is 49.3 Å². The Morgan fingerprint density at radius 3 is 2.53 bits per heavy atom. The van der Waals surface area contributed by atoms with Crippen LogP contribution < -0.4 is 5.32 Å². The van der Waals surface area contributed by atoms with E-state index in [4.69, 9.17) is 5.11 Å². The molecule has 1 atom stereocenters. The Bertz CT molecular complexity index is 496. The van der Waals surface area contributed by atoms with Crippen LogP contribution >= 0.6 is 11.3 Å². The number of nitrogens with one attached hydrogen (secondary N) is 1. The molecule has 0 saturated carbocycles. The average Bonchev–Trinajstić information content (AvgIpc) is 2.81. The van der Waals surface area contributed by atoms with Gasteiger partial charge >= 0.3 is 5.97 Å². The largest absolute Gasteiger partial charge is 0.479 e. The zero-order chi connectivity index (χ0) is 12.3. The Kier molecular flexibility index (Phi) is 3.39. The summed E-state index contributed by atoms with van der Waals surface area (Å²) in [6.07, 6.45) is 0. The van der Waals surface area contributed by atoms with Crippen molar-refractivity contribution in [3.63, 3.8) is 0 Å². The van der Waals surface area contributed by atoms with Gasteiger partial charge in [-0.3, -0.25) is 0 Å². The van der Waals surface area contributed by atoms with Gasteiger partial charge in [-0.2, -0.15) is 0 Å². The second kappa shape index (κ2) is 4.97. The summed E-state index contributed by atoms with van der Waals surface area (Å²) >= 11 is 1.36. The fourth-order valence-electron chi connectivity index (χ4n) is 1.42. The Morgan fingerprint density at radius 2 is 2.00 bits per heavy atom. The normalized spacial score (nSPS) is 12.1. The van der Waals surface area contributed by atoms with Gasteiger partial charge < -0.3 is 10.4 Å². The zero-order valence-electron chi connectivity index (χ0n) is 8.76. The summed E-state index contributed by atoms with van der Waals surface area (Å²) in [6.45, 7) is 0. The van der Waals surface area contributed by atoms with Crippen LogP contribution in [0, 0.1) is 5.82 Å². The minimum Gasteiger partial charge on any atom is -0.479 e. The fraction of sp³-hybridized carbons (Fsp3) is 0.0833. The van der Waals surface area contributed by atoms with Crippen molar-refractivity contribution in [2.45, 2.75) is 6.04 Å². The van der Waals surface area contributed by atoms with Gasteiger partial charge in [0.1, 0.15) is 5.82 Å². The first-order valence-corrected chi connectivity index (χ1v) is 5.83. The van der Waals surface area contributed by atoms with Gasteiger partial charge in [-0.05, 0) is 35.7 Å². The minimum atomic E-state index is -0.961. The molecular formula is C12H10FNO2S. The van der Waals surface area contributed by atoms with Crippen molar-refractivity contribution in [1.29, 1.82) is 0 Å². The number of hydrogen-bond acceptors (Lipinski definition) is 3. The molecule has 1 aromatic carbocycles. The van der Waals surface area contributed by atoms with E-state index in [-0.39, 0.29) is 5.82 Å². The van der Waals surface area contributed by atoms with E-state index in [0.717, 1.165) is 0 Å². The van der Waals surface area contributed by atoms with Crippen molar-refractivity contribution >= 4 is 23.0 Å².